The monoisotopic (exact) mass is 458 g/mol. The van der Waals surface area contributed by atoms with Crippen molar-refractivity contribution in [2.24, 2.45) is 11.8 Å². The van der Waals surface area contributed by atoms with Crippen molar-refractivity contribution in [3.63, 3.8) is 0 Å². The third-order valence-corrected chi connectivity index (χ3v) is 6.90. The Morgan fingerprint density at radius 2 is 1.59 bits per heavy atom. The number of benzene rings is 3. The minimum Gasteiger partial charge on any atom is -0.467 e. The number of esters is 1. The fraction of sp³-hybridized carbons (Fsp3) is 0.222. The van der Waals surface area contributed by atoms with E-state index in [4.69, 9.17) is 4.74 Å². The predicted octanol–water partition coefficient (Wildman–Crippen LogP) is 3.65. The Morgan fingerprint density at radius 3 is 2.24 bits per heavy atom. The quantitative estimate of drug-likeness (QED) is 0.477. The van der Waals surface area contributed by atoms with Crippen molar-refractivity contribution in [1.82, 2.24) is 5.32 Å². The zero-order chi connectivity index (χ0) is 24.0. The summed E-state index contributed by atoms with van der Waals surface area (Å²) in [5.74, 6) is -4.01. The van der Waals surface area contributed by atoms with E-state index in [1.54, 1.807) is 24.3 Å². The highest BCUT2D eigenvalue weighted by Crippen LogP contribution is 2.54. The van der Waals surface area contributed by atoms with Gasteiger partial charge in [-0.05, 0) is 47.9 Å². The Bertz CT molecular complexity index is 1280. The molecule has 3 aromatic rings. The molecule has 2 aliphatic heterocycles. The van der Waals surface area contributed by atoms with Crippen LogP contribution in [0.15, 0.2) is 78.9 Å². The summed E-state index contributed by atoms with van der Waals surface area (Å²) in [6, 6.07) is 21.0. The zero-order valence-electron chi connectivity index (χ0n) is 18.7. The van der Waals surface area contributed by atoms with E-state index in [2.05, 4.69) is 5.32 Å². The van der Waals surface area contributed by atoms with Crippen molar-refractivity contribution in [3.8, 4) is 0 Å². The van der Waals surface area contributed by atoms with E-state index in [1.165, 1.54) is 31.4 Å². The van der Waals surface area contributed by atoms with Crippen LogP contribution < -0.4 is 10.2 Å². The summed E-state index contributed by atoms with van der Waals surface area (Å²) >= 11 is 0. The molecule has 0 spiro atoms. The molecule has 2 fully saturated rings. The number of halogens is 1. The van der Waals surface area contributed by atoms with Gasteiger partial charge in [-0.1, -0.05) is 54.6 Å². The molecule has 3 aromatic carbocycles. The van der Waals surface area contributed by atoms with Gasteiger partial charge in [0.2, 0.25) is 11.8 Å². The summed E-state index contributed by atoms with van der Waals surface area (Å²) < 4.78 is 18.8. The van der Waals surface area contributed by atoms with Gasteiger partial charge in [0.1, 0.15) is 5.82 Å². The fourth-order valence-corrected chi connectivity index (χ4v) is 5.39. The van der Waals surface area contributed by atoms with Crippen molar-refractivity contribution in [1.29, 1.82) is 0 Å². The topological polar surface area (TPSA) is 75.7 Å². The number of carbonyl (C=O) groups is 3. The van der Waals surface area contributed by atoms with E-state index >= 15 is 0 Å². The first-order chi connectivity index (χ1) is 16.4. The molecule has 0 aromatic heterocycles. The standard InChI is InChI=1S/C27H23FN2O4/c1-16-8-6-7-11-20(16)23-21-22(25(32)30(24(21)31)19-14-12-18(28)13-15-19)27(29-23,26(33)34-2)17-9-4-3-5-10-17/h3-15,21-23,29H,1-2H3/t21-,22+,23-,27+/m1/s1. The van der Waals surface area contributed by atoms with E-state index in [0.717, 1.165) is 16.0 Å². The third kappa shape index (κ3) is 3.08. The number of aryl methyl sites for hydroxylation is 1. The minimum atomic E-state index is -1.57. The molecule has 34 heavy (non-hydrogen) atoms. The van der Waals surface area contributed by atoms with Gasteiger partial charge in [0, 0.05) is 6.04 Å². The number of rotatable bonds is 4. The highest BCUT2D eigenvalue weighted by molar-refractivity contribution is 6.24. The van der Waals surface area contributed by atoms with Crippen LogP contribution in [0.5, 0.6) is 0 Å². The summed E-state index contributed by atoms with van der Waals surface area (Å²) in [6.45, 7) is 1.92. The van der Waals surface area contributed by atoms with Crippen LogP contribution in [0.1, 0.15) is 22.7 Å². The van der Waals surface area contributed by atoms with Crippen LogP contribution in [0.4, 0.5) is 10.1 Å². The molecule has 172 valence electrons. The Labute approximate surface area is 196 Å². The maximum atomic E-state index is 13.9. The number of imide groups is 1. The van der Waals surface area contributed by atoms with Crippen LogP contribution in [0.25, 0.3) is 0 Å². The van der Waals surface area contributed by atoms with Crippen LogP contribution in [0.2, 0.25) is 0 Å². The van der Waals surface area contributed by atoms with Crippen molar-refractivity contribution < 1.29 is 23.5 Å². The number of carbonyl (C=O) groups excluding carboxylic acids is 3. The van der Waals surface area contributed by atoms with E-state index in [9.17, 15) is 18.8 Å². The molecule has 5 rings (SSSR count). The van der Waals surface area contributed by atoms with Crippen LogP contribution in [-0.4, -0.2) is 24.9 Å². The van der Waals surface area contributed by atoms with Gasteiger partial charge in [0.05, 0.1) is 24.6 Å². The molecule has 2 saturated heterocycles. The van der Waals surface area contributed by atoms with Crippen molar-refractivity contribution >= 4 is 23.5 Å². The highest BCUT2D eigenvalue weighted by atomic mass is 19.1. The maximum absolute atomic E-state index is 13.9. The first kappa shape index (κ1) is 22.0. The Balaban J connectivity index is 1.74. The molecule has 0 saturated carbocycles. The van der Waals surface area contributed by atoms with Crippen LogP contribution in [0.3, 0.4) is 0 Å². The van der Waals surface area contributed by atoms with Gasteiger partial charge < -0.3 is 4.74 Å². The van der Waals surface area contributed by atoms with Crippen molar-refractivity contribution in [2.45, 2.75) is 18.5 Å². The first-order valence-electron chi connectivity index (χ1n) is 11.0. The summed E-state index contributed by atoms with van der Waals surface area (Å²) in [5.41, 5.74) is 0.972. The molecule has 0 radical (unpaired) electrons. The number of anilines is 1. The Morgan fingerprint density at radius 1 is 0.941 bits per heavy atom. The highest BCUT2D eigenvalue weighted by Gasteiger charge is 2.69. The summed E-state index contributed by atoms with van der Waals surface area (Å²) in [5, 5.41) is 3.37. The largest absolute Gasteiger partial charge is 0.467 e. The number of methoxy groups -OCH3 is 1. The zero-order valence-corrected chi connectivity index (χ0v) is 18.7. The van der Waals surface area contributed by atoms with Crippen molar-refractivity contribution in [3.05, 3.63) is 101 Å². The molecule has 2 heterocycles. The number of nitrogens with zero attached hydrogens (tertiary/aromatic N) is 1. The molecule has 1 N–H and O–H groups in total. The molecular weight excluding hydrogens is 435 g/mol. The second kappa shape index (κ2) is 8.18. The maximum Gasteiger partial charge on any atom is 0.331 e. The Kier molecular flexibility index (Phi) is 5.29. The second-order valence-electron chi connectivity index (χ2n) is 8.64. The molecule has 2 aliphatic rings. The summed E-state index contributed by atoms with van der Waals surface area (Å²) in [6.07, 6.45) is 0. The van der Waals surface area contributed by atoms with Gasteiger partial charge in [-0.25, -0.2) is 14.1 Å². The van der Waals surface area contributed by atoms with E-state index in [-0.39, 0.29) is 5.69 Å². The molecule has 2 amide bonds. The van der Waals surface area contributed by atoms with Gasteiger partial charge in [0.25, 0.3) is 0 Å². The molecule has 0 aliphatic carbocycles. The lowest BCUT2D eigenvalue weighted by atomic mass is 9.75. The SMILES string of the molecule is COC(=O)[C@@]1(c2ccccc2)N[C@H](c2ccccc2C)[C@@H]2C(=O)N(c3ccc(F)cc3)C(=O)[C@H]21. The number of amides is 2. The molecule has 6 nitrogen and oxygen atoms in total. The molecule has 0 bridgehead atoms. The average Bonchev–Trinajstić information content (AvgIpc) is 3.34. The van der Waals surface area contributed by atoms with Gasteiger partial charge in [-0.2, -0.15) is 0 Å². The number of hydrogen-bond acceptors (Lipinski definition) is 5. The molecule has 4 atom stereocenters. The van der Waals surface area contributed by atoms with Crippen molar-refractivity contribution in [2.75, 3.05) is 12.0 Å². The average molecular weight is 458 g/mol. The summed E-state index contributed by atoms with van der Waals surface area (Å²) in [7, 11) is 1.27. The second-order valence-corrected chi connectivity index (χ2v) is 8.64. The lowest BCUT2D eigenvalue weighted by Gasteiger charge is -2.33. The number of nitrogens with one attached hydrogen (secondary N) is 1. The normalized spacial score (nSPS) is 26.0. The predicted molar refractivity (Wildman–Crippen MR) is 123 cm³/mol. The lowest BCUT2D eigenvalue weighted by molar-refractivity contribution is -0.152. The smallest absolute Gasteiger partial charge is 0.331 e. The van der Waals surface area contributed by atoms with E-state index < -0.39 is 47.0 Å². The number of fused-ring (bicyclic) bond motifs is 1. The third-order valence-electron chi connectivity index (χ3n) is 6.90. The summed E-state index contributed by atoms with van der Waals surface area (Å²) in [4.78, 5) is 42.3. The Hall–Kier alpha value is -3.84. The van der Waals surface area contributed by atoms with Gasteiger partial charge in [-0.3, -0.25) is 14.9 Å². The number of hydrogen-bond donors (Lipinski definition) is 1. The van der Waals surface area contributed by atoms with Gasteiger partial charge in [0.15, 0.2) is 5.54 Å². The van der Waals surface area contributed by atoms with Crippen LogP contribution in [-0.2, 0) is 24.7 Å². The molecular formula is C27H23FN2O4. The van der Waals surface area contributed by atoms with Crippen LogP contribution in [0, 0.1) is 24.6 Å². The van der Waals surface area contributed by atoms with E-state index in [0.29, 0.717) is 5.56 Å². The van der Waals surface area contributed by atoms with Gasteiger partial charge >= 0.3 is 5.97 Å². The molecule has 0 unspecified atom stereocenters. The molecule has 7 heteroatoms. The minimum absolute atomic E-state index is 0.265. The van der Waals surface area contributed by atoms with E-state index in [1.807, 2.05) is 37.3 Å². The van der Waals surface area contributed by atoms with Gasteiger partial charge in [-0.15, -0.1) is 0 Å². The first-order valence-corrected chi connectivity index (χ1v) is 11.0. The van der Waals surface area contributed by atoms with Crippen LogP contribution >= 0.6 is 0 Å². The lowest BCUT2D eigenvalue weighted by Crippen LogP contribution is -2.53. The fourth-order valence-electron chi connectivity index (χ4n) is 5.39. The number of ether oxygens (including phenoxy) is 1.